The highest BCUT2D eigenvalue weighted by atomic mass is 32.1. The molecule has 5 rings (SSSR count). The predicted octanol–water partition coefficient (Wildman–Crippen LogP) is 8.37. The van der Waals surface area contributed by atoms with E-state index >= 15 is 0 Å². The third kappa shape index (κ3) is 7.81. The molecule has 5 heteroatoms. The number of benzene rings is 1. The number of hydrogen-bond acceptors (Lipinski definition) is 4. The number of H-pyrrole nitrogens is 1. The number of aromatic nitrogens is 2. The van der Waals surface area contributed by atoms with Crippen LogP contribution in [0.4, 0.5) is 0 Å². The Bertz CT molecular complexity index is 1300. The molecule has 0 atom stereocenters. The number of aryl methyl sites for hydroxylation is 2. The summed E-state index contributed by atoms with van der Waals surface area (Å²) in [7, 11) is 0. The van der Waals surface area contributed by atoms with Crippen molar-refractivity contribution in [1.82, 2.24) is 19.8 Å². The molecule has 4 nitrogen and oxygen atoms in total. The van der Waals surface area contributed by atoms with E-state index in [1.165, 1.54) is 61.4 Å². The van der Waals surface area contributed by atoms with Crippen LogP contribution >= 0.6 is 11.3 Å². The normalized spacial score (nSPS) is 14.9. The smallest absolute Gasteiger partial charge is 0.101 e. The molecule has 1 fully saturated rings. The predicted molar refractivity (Wildman–Crippen MR) is 170 cm³/mol. The first-order valence-electron chi connectivity index (χ1n) is 14.7. The number of pyridine rings is 1. The van der Waals surface area contributed by atoms with Crippen LogP contribution in [0.3, 0.4) is 0 Å². The largest absolute Gasteiger partial charge is 0.346 e. The Kier molecular flexibility index (Phi) is 10.0. The highest BCUT2D eigenvalue weighted by molar-refractivity contribution is 7.18. The Morgan fingerprint density at radius 2 is 1.59 bits per heavy atom. The first kappa shape index (κ1) is 29.5. The summed E-state index contributed by atoms with van der Waals surface area (Å²) in [5.41, 5.74) is 8.24. The van der Waals surface area contributed by atoms with Gasteiger partial charge in [-0.25, -0.2) is 0 Å². The molecule has 0 spiro atoms. The van der Waals surface area contributed by atoms with Gasteiger partial charge in [-0.05, 0) is 66.6 Å². The zero-order chi connectivity index (χ0) is 28.0. The maximum atomic E-state index is 4.27. The van der Waals surface area contributed by atoms with Gasteiger partial charge in [0.1, 0.15) is 4.83 Å². The number of rotatable bonds is 7. The van der Waals surface area contributed by atoms with Gasteiger partial charge in [0.15, 0.2) is 0 Å². The maximum absolute atomic E-state index is 4.27. The van der Waals surface area contributed by atoms with E-state index in [4.69, 9.17) is 0 Å². The molecular weight excluding hydrogens is 496 g/mol. The molecule has 1 aliphatic rings. The van der Waals surface area contributed by atoms with Crippen molar-refractivity contribution >= 4 is 21.6 Å². The van der Waals surface area contributed by atoms with Crippen LogP contribution in [0.15, 0.2) is 48.8 Å². The van der Waals surface area contributed by atoms with E-state index in [9.17, 15) is 0 Å². The van der Waals surface area contributed by atoms with Crippen molar-refractivity contribution in [3.63, 3.8) is 0 Å². The molecule has 3 aromatic heterocycles. The second-order valence-corrected chi connectivity index (χ2v) is 13.2. The number of fused-ring (bicyclic) bond motifs is 1. The molecule has 0 bridgehead atoms. The van der Waals surface area contributed by atoms with Gasteiger partial charge >= 0.3 is 0 Å². The van der Waals surface area contributed by atoms with E-state index < -0.39 is 0 Å². The molecule has 0 amide bonds. The minimum atomic E-state index is 0.173. The summed E-state index contributed by atoms with van der Waals surface area (Å²) in [5, 5.41) is 1.42. The third-order valence-electron chi connectivity index (χ3n) is 7.62. The second kappa shape index (κ2) is 13.3. The van der Waals surface area contributed by atoms with Crippen molar-refractivity contribution in [2.45, 2.75) is 79.7 Å². The van der Waals surface area contributed by atoms with E-state index in [1.54, 1.807) is 0 Å². The monoisotopic (exact) mass is 544 g/mol. The van der Waals surface area contributed by atoms with E-state index in [-0.39, 0.29) is 5.41 Å². The fraction of sp³-hybridized carbons (Fsp3) is 0.500. The molecule has 0 unspecified atom stereocenters. The lowest BCUT2D eigenvalue weighted by molar-refractivity contribution is 0.128. The fourth-order valence-electron chi connectivity index (χ4n) is 5.22. The van der Waals surface area contributed by atoms with Gasteiger partial charge in [-0.1, -0.05) is 70.7 Å². The van der Waals surface area contributed by atoms with E-state index in [0.717, 1.165) is 45.7 Å². The van der Waals surface area contributed by atoms with Crippen molar-refractivity contribution in [2.75, 3.05) is 32.7 Å². The average molecular weight is 545 g/mol. The third-order valence-corrected chi connectivity index (χ3v) is 9.10. The lowest BCUT2D eigenvalue weighted by Gasteiger charge is -2.34. The summed E-state index contributed by atoms with van der Waals surface area (Å²) in [6, 6.07) is 13.6. The number of nitrogens with zero attached hydrogens (tertiary/aromatic N) is 3. The van der Waals surface area contributed by atoms with Gasteiger partial charge in [-0.3, -0.25) is 9.88 Å². The number of hydrogen-bond donors (Lipinski definition) is 1. The Balaban J connectivity index is 0.000000826. The van der Waals surface area contributed by atoms with Crippen molar-refractivity contribution in [3.05, 3.63) is 75.9 Å². The zero-order valence-electron chi connectivity index (χ0n) is 25.2. The molecule has 1 N–H and O–H groups in total. The highest BCUT2D eigenvalue weighted by Gasteiger charge is 2.23. The van der Waals surface area contributed by atoms with Crippen LogP contribution in [0.1, 0.15) is 74.6 Å². The van der Waals surface area contributed by atoms with Gasteiger partial charge in [0.2, 0.25) is 0 Å². The van der Waals surface area contributed by atoms with Crippen LogP contribution in [0.25, 0.3) is 21.5 Å². The zero-order valence-corrected chi connectivity index (χ0v) is 26.0. The summed E-state index contributed by atoms with van der Waals surface area (Å²) in [6.07, 6.45) is 7.56. The molecule has 0 aliphatic carbocycles. The van der Waals surface area contributed by atoms with Gasteiger partial charge in [-0.15, -0.1) is 11.3 Å². The topological polar surface area (TPSA) is 35.2 Å². The Morgan fingerprint density at radius 3 is 2.18 bits per heavy atom. The van der Waals surface area contributed by atoms with Crippen LogP contribution in [0, 0.1) is 13.8 Å². The lowest BCUT2D eigenvalue weighted by atomic mass is 9.93. The van der Waals surface area contributed by atoms with E-state index in [2.05, 4.69) is 98.6 Å². The second-order valence-electron chi connectivity index (χ2n) is 12.2. The van der Waals surface area contributed by atoms with Crippen LogP contribution in [-0.2, 0) is 18.4 Å². The Hall–Kier alpha value is -2.47. The number of thiophene rings is 1. The molecular formula is C34H48N4S. The molecule has 1 saturated heterocycles. The number of nitrogens with one attached hydrogen (secondary N) is 1. The standard InChI is InChI=1S/C30H38N4S.C4H10/c1-21-15-22(2)17-24(16-21)28-25(26-18-27(30(3,4)5)35-29(26)32-28)8-10-33-11-13-34(14-12-33)20-23-7-6-9-31-19-23;1-3-4-2/h6-7,9,15-19,32H,8,10-14,20H2,1-5H3;3-4H2,1-2H3. The molecule has 1 aromatic carbocycles. The minimum Gasteiger partial charge on any atom is -0.346 e. The molecule has 39 heavy (non-hydrogen) atoms. The summed E-state index contributed by atoms with van der Waals surface area (Å²) >= 11 is 1.92. The molecule has 1 aliphatic heterocycles. The SMILES string of the molecule is CCCC.Cc1cc(C)cc(-c2[nH]c3sc(C(C)(C)C)cc3c2CCN2CCN(Cc3cccnc3)CC2)c1. The quantitative estimate of drug-likeness (QED) is 0.254. The Morgan fingerprint density at radius 1 is 0.923 bits per heavy atom. The van der Waals surface area contributed by atoms with Crippen LogP contribution < -0.4 is 0 Å². The molecule has 0 radical (unpaired) electrons. The molecule has 4 aromatic rings. The summed E-state index contributed by atoms with van der Waals surface area (Å²) in [4.78, 5) is 16.1. The van der Waals surface area contributed by atoms with E-state index in [1.807, 2.05) is 29.8 Å². The highest BCUT2D eigenvalue weighted by Crippen LogP contribution is 2.40. The van der Waals surface area contributed by atoms with Crippen molar-refractivity contribution in [1.29, 1.82) is 0 Å². The number of unbranched alkanes of at least 4 members (excludes halogenated alkanes) is 1. The average Bonchev–Trinajstić information content (AvgIpc) is 3.48. The van der Waals surface area contributed by atoms with Crippen molar-refractivity contribution in [2.24, 2.45) is 0 Å². The van der Waals surface area contributed by atoms with Crippen molar-refractivity contribution in [3.8, 4) is 11.3 Å². The van der Waals surface area contributed by atoms with Gasteiger partial charge in [0, 0.05) is 61.9 Å². The molecule has 0 saturated carbocycles. The van der Waals surface area contributed by atoms with E-state index in [0.29, 0.717) is 0 Å². The van der Waals surface area contributed by atoms with Crippen LogP contribution in [0.5, 0.6) is 0 Å². The first-order chi connectivity index (χ1) is 18.7. The van der Waals surface area contributed by atoms with Crippen molar-refractivity contribution < 1.29 is 0 Å². The molecule has 4 heterocycles. The summed E-state index contributed by atoms with van der Waals surface area (Å²) < 4.78 is 0. The number of piperazine rings is 1. The van der Waals surface area contributed by atoms with Gasteiger partial charge < -0.3 is 9.88 Å². The fourth-order valence-corrected chi connectivity index (χ4v) is 6.37. The number of aromatic amines is 1. The minimum absolute atomic E-state index is 0.173. The maximum Gasteiger partial charge on any atom is 0.101 e. The van der Waals surface area contributed by atoms with Crippen LogP contribution in [0.2, 0.25) is 0 Å². The lowest BCUT2D eigenvalue weighted by Crippen LogP contribution is -2.46. The summed E-state index contributed by atoms with van der Waals surface area (Å²) in [6.45, 7) is 22.3. The van der Waals surface area contributed by atoms with Gasteiger partial charge in [-0.2, -0.15) is 0 Å². The first-order valence-corrected chi connectivity index (χ1v) is 15.6. The van der Waals surface area contributed by atoms with Gasteiger partial charge in [0.05, 0.1) is 5.69 Å². The van der Waals surface area contributed by atoms with Gasteiger partial charge in [0.25, 0.3) is 0 Å². The summed E-state index contributed by atoms with van der Waals surface area (Å²) in [5.74, 6) is 0. The Labute approximate surface area is 240 Å². The van der Waals surface area contributed by atoms with Crippen LogP contribution in [-0.4, -0.2) is 52.5 Å². The molecule has 210 valence electrons.